The highest BCUT2D eigenvalue weighted by molar-refractivity contribution is 5.95. The molecule has 0 atom stereocenters. The molecule has 6 nitrogen and oxygen atoms in total. The molecule has 96 valence electrons. The Balaban J connectivity index is 2.27. The van der Waals surface area contributed by atoms with Crippen LogP contribution < -0.4 is 11.1 Å². The number of carbonyl (C=O) groups excluding carboxylic acids is 1. The maximum atomic E-state index is 11.6. The Hall–Kier alpha value is -2.24. The number of amides is 1. The van der Waals surface area contributed by atoms with Crippen LogP contribution in [0.4, 0.5) is 10.5 Å². The molecule has 1 heterocycles. The van der Waals surface area contributed by atoms with Gasteiger partial charge in [-0.25, -0.2) is 9.59 Å². The number of aromatic nitrogens is 1. The third kappa shape index (κ3) is 2.71. The van der Waals surface area contributed by atoms with Gasteiger partial charge in [-0.2, -0.15) is 0 Å². The van der Waals surface area contributed by atoms with Gasteiger partial charge in [0, 0.05) is 0 Å². The van der Waals surface area contributed by atoms with Crippen molar-refractivity contribution in [2.24, 2.45) is 0 Å². The first-order valence-electron chi connectivity index (χ1n) is 5.47. The first-order chi connectivity index (χ1) is 8.35. The van der Waals surface area contributed by atoms with Crippen LogP contribution in [0, 0.1) is 0 Å². The molecule has 0 bridgehead atoms. The number of hydrogen-bond acceptors (Lipinski definition) is 4. The highest BCUT2D eigenvalue weighted by Crippen LogP contribution is 2.21. The van der Waals surface area contributed by atoms with Crippen molar-refractivity contribution in [1.82, 2.24) is 4.98 Å². The maximum Gasteiger partial charge on any atom is 0.417 e. The lowest BCUT2D eigenvalue weighted by Crippen LogP contribution is -2.27. The van der Waals surface area contributed by atoms with Crippen LogP contribution in [-0.4, -0.2) is 16.7 Å². The van der Waals surface area contributed by atoms with E-state index in [-0.39, 0.29) is 0 Å². The van der Waals surface area contributed by atoms with Gasteiger partial charge in [0.1, 0.15) is 5.60 Å². The minimum Gasteiger partial charge on any atom is -0.444 e. The monoisotopic (exact) mass is 250 g/mol. The van der Waals surface area contributed by atoms with Crippen molar-refractivity contribution in [3.05, 3.63) is 28.7 Å². The summed E-state index contributed by atoms with van der Waals surface area (Å²) < 4.78 is 10.1. The lowest BCUT2D eigenvalue weighted by Gasteiger charge is -2.19. The second-order valence-electron chi connectivity index (χ2n) is 4.82. The van der Waals surface area contributed by atoms with Gasteiger partial charge in [-0.05, 0) is 32.9 Å². The predicted octanol–water partition coefficient (Wildman–Crippen LogP) is 2.47. The molecule has 1 aromatic heterocycles. The van der Waals surface area contributed by atoms with Gasteiger partial charge in [-0.3, -0.25) is 10.3 Å². The van der Waals surface area contributed by atoms with E-state index in [0.717, 1.165) is 0 Å². The molecule has 18 heavy (non-hydrogen) atoms. The smallest absolute Gasteiger partial charge is 0.417 e. The molecule has 0 saturated carbocycles. The molecule has 0 fully saturated rings. The van der Waals surface area contributed by atoms with Gasteiger partial charge in [-0.1, -0.05) is 6.07 Å². The van der Waals surface area contributed by atoms with Gasteiger partial charge in [0.2, 0.25) is 0 Å². The summed E-state index contributed by atoms with van der Waals surface area (Å²) in [5.41, 5.74) is 0.624. The topological polar surface area (TPSA) is 84.3 Å². The number of nitrogens with one attached hydrogen (secondary N) is 2. The lowest BCUT2D eigenvalue weighted by molar-refractivity contribution is 0.0636. The number of oxazole rings is 1. The Morgan fingerprint density at radius 3 is 2.78 bits per heavy atom. The van der Waals surface area contributed by atoms with Crippen LogP contribution in [0.25, 0.3) is 11.1 Å². The Morgan fingerprint density at radius 1 is 1.39 bits per heavy atom. The number of para-hydroxylation sites is 1. The SMILES string of the molecule is CC(C)(C)OC(=O)Nc1cccc2[nH]c(=O)oc12. The number of H-pyrrole nitrogens is 1. The summed E-state index contributed by atoms with van der Waals surface area (Å²) >= 11 is 0. The largest absolute Gasteiger partial charge is 0.444 e. The summed E-state index contributed by atoms with van der Waals surface area (Å²) in [6.07, 6.45) is -0.598. The number of benzene rings is 1. The van der Waals surface area contributed by atoms with Crippen LogP contribution in [0.15, 0.2) is 27.4 Å². The number of rotatable bonds is 1. The molecule has 0 spiro atoms. The first kappa shape index (κ1) is 12.2. The molecule has 1 aromatic carbocycles. The number of ether oxygens (including phenoxy) is 1. The maximum absolute atomic E-state index is 11.6. The van der Waals surface area contributed by atoms with Crippen molar-refractivity contribution in [3.8, 4) is 0 Å². The first-order valence-corrected chi connectivity index (χ1v) is 5.47. The molecule has 0 aliphatic heterocycles. The van der Waals surface area contributed by atoms with E-state index in [4.69, 9.17) is 9.15 Å². The second kappa shape index (κ2) is 4.21. The van der Waals surface area contributed by atoms with Crippen molar-refractivity contribution >= 4 is 22.9 Å². The van der Waals surface area contributed by atoms with Crippen LogP contribution in [-0.2, 0) is 4.74 Å². The molecule has 0 saturated heterocycles. The lowest BCUT2D eigenvalue weighted by atomic mass is 10.2. The van der Waals surface area contributed by atoms with Gasteiger partial charge < -0.3 is 9.15 Å². The fourth-order valence-electron chi connectivity index (χ4n) is 1.49. The molecule has 1 amide bonds. The summed E-state index contributed by atoms with van der Waals surface area (Å²) in [5, 5.41) is 2.54. The molecule has 2 rings (SSSR count). The van der Waals surface area contributed by atoms with Crippen molar-refractivity contribution < 1.29 is 13.9 Å². The average Bonchev–Trinajstić information content (AvgIpc) is 2.56. The van der Waals surface area contributed by atoms with Crippen LogP contribution in [0.1, 0.15) is 20.8 Å². The molecular formula is C12H14N2O4. The van der Waals surface area contributed by atoms with E-state index in [1.165, 1.54) is 0 Å². The highest BCUT2D eigenvalue weighted by Gasteiger charge is 2.17. The number of aromatic amines is 1. The molecule has 2 aromatic rings. The predicted molar refractivity (Wildman–Crippen MR) is 66.7 cm³/mol. The van der Waals surface area contributed by atoms with Crippen LogP contribution >= 0.6 is 0 Å². The highest BCUT2D eigenvalue weighted by atomic mass is 16.6. The summed E-state index contributed by atoms with van der Waals surface area (Å²) in [4.78, 5) is 25.2. The number of fused-ring (bicyclic) bond motifs is 1. The summed E-state index contributed by atoms with van der Waals surface area (Å²) in [6, 6.07) is 5.00. The van der Waals surface area contributed by atoms with Crippen LogP contribution in [0.3, 0.4) is 0 Å². The minimum absolute atomic E-state index is 0.299. The fourth-order valence-corrected chi connectivity index (χ4v) is 1.49. The Morgan fingerprint density at radius 2 is 2.11 bits per heavy atom. The molecular weight excluding hydrogens is 236 g/mol. The molecule has 2 N–H and O–H groups in total. The van der Waals surface area contributed by atoms with Crippen molar-refractivity contribution in [3.63, 3.8) is 0 Å². The van der Waals surface area contributed by atoms with E-state index in [1.807, 2.05) is 0 Å². The fraction of sp³-hybridized carbons (Fsp3) is 0.333. The summed E-state index contributed by atoms with van der Waals surface area (Å²) in [7, 11) is 0. The standard InChI is InChI=1S/C12H14N2O4/c1-12(2,3)18-11(16)14-8-6-4-5-7-9(8)17-10(15)13-7/h4-6H,1-3H3,(H,13,15)(H,14,16). The molecule has 0 radical (unpaired) electrons. The Kier molecular flexibility index (Phi) is 2.86. The quantitative estimate of drug-likeness (QED) is 0.814. The molecule has 0 aliphatic carbocycles. The summed E-state index contributed by atoms with van der Waals surface area (Å²) in [5.74, 6) is -0.566. The number of hydrogen-bond donors (Lipinski definition) is 2. The van der Waals surface area contributed by atoms with E-state index < -0.39 is 17.5 Å². The van der Waals surface area contributed by atoms with Gasteiger partial charge in [-0.15, -0.1) is 0 Å². The second-order valence-corrected chi connectivity index (χ2v) is 4.82. The van der Waals surface area contributed by atoms with Crippen molar-refractivity contribution in [2.45, 2.75) is 26.4 Å². The van der Waals surface area contributed by atoms with E-state index >= 15 is 0 Å². The molecule has 6 heteroatoms. The van der Waals surface area contributed by atoms with Crippen LogP contribution in [0.2, 0.25) is 0 Å². The van der Waals surface area contributed by atoms with Crippen molar-refractivity contribution in [1.29, 1.82) is 0 Å². The van der Waals surface area contributed by atoms with Crippen LogP contribution in [0.5, 0.6) is 0 Å². The molecule has 0 unspecified atom stereocenters. The number of anilines is 1. The number of carbonyl (C=O) groups is 1. The third-order valence-electron chi connectivity index (χ3n) is 2.08. The van der Waals surface area contributed by atoms with Crippen molar-refractivity contribution in [2.75, 3.05) is 5.32 Å². The van der Waals surface area contributed by atoms with E-state index in [1.54, 1.807) is 39.0 Å². The summed E-state index contributed by atoms with van der Waals surface area (Å²) in [6.45, 7) is 5.30. The van der Waals surface area contributed by atoms with Gasteiger partial charge >= 0.3 is 11.8 Å². The van der Waals surface area contributed by atoms with E-state index in [0.29, 0.717) is 16.8 Å². The zero-order valence-corrected chi connectivity index (χ0v) is 10.4. The zero-order valence-electron chi connectivity index (χ0n) is 10.4. The van der Waals surface area contributed by atoms with Gasteiger partial charge in [0.25, 0.3) is 0 Å². The van der Waals surface area contributed by atoms with E-state index in [9.17, 15) is 9.59 Å². The normalized spacial score (nSPS) is 11.5. The van der Waals surface area contributed by atoms with E-state index in [2.05, 4.69) is 10.3 Å². The molecule has 0 aliphatic rings. The zero-order chi connectivity index (χ0) is 13.3. The van der Waals surface area contributed by atoms with Gasteiger partial charge in [0.05, 0.1) is 11.2 Å². The average molecular weight is 250 g/mol. The third-order valence-corrected chi connectivity index (χ3v) is 2.08. The Labute approximate surface area is 103 Å². The minimum atomic E-state index is -0.598. The van der Waals surface area contributed by atoms with Gasteiger partial charge in [0.15, 0.2) is 5.58 Å². The Bertz CT molecular complexity index is 633.